The number of non-ortho nitro benzene ring substituents is 1. The average Bonchev–Trinajstić information content (AvgIpc) is 2.72. The second kappa shape index (κ2) is 9.82. The van der Waals surface area contributed by atoms with Gasteiger partial charge in [0.15, 0.2) is 5.78 Å². The minimum absolute atomic E-state index is 0.0393. The highest BCUT2D eigenvalue weighted by Crippen LogP contribution is 2.35. The lowest BCUT2D eigenvalue weighted by Crippen LogP contribution is -1.98. The van der Waals surface area contributed by atoms with Crippen molar-refractivity contribution in [3.8, 4) is 5.75 Å². The third kappa shape index (κ3) is 5.64. The number of rotatable bonds is 7. The summed E-state index contributed by atoms with van der Waals surface area (Å²) in [6.45, 7) is 2.24. The Morgan fingerprint density at radius 3 is 2.20 bits per heavy atom. The third-order valence-electron chi connectivity index (χ3n) is 4.31. The predicted octanol–water partition coefficient (Wildman–Crippen LogP) is 6.90. The Kier molecular flexibility index (Phi) is 7.18. The number of aryl methyl sites for hydroxylation is 1. The van der Waals surface area contributed by atoms with Crippen molar-refractivity contribution in [1.82, 2.24) is 0 Å². The highest BCUT2D eigenvalue weighted by atomic mass is 79.9. The number of nitrogens with zero attached hydrogens (tertiary/aromatic N) is 1. The Hall–Kier alpha value is -2.77. The normalized spacial score (nSPS) is 10.9. The van der Waals surface area contributed by atoms with Crippen LogP contribution in [-0.4, -0.2) is 10.7 Å². The summed E-state index contributed by atoms with van der Waals surface area (Å²) in [5, 5.41) is 10.7. The van der Waals surface area contributed by atoms with Crippen molar-refractivity contribution >= 4 is 49.4 Å². The summed E-state index contributed by atoms with van der Waals surface area (Å²) in [7, 11) is 0. The van der Waals surface area contributed by atoms with Crippen molar-refractivity contribution in [3.63, 3.8) is 0 Å². The number of halogens is 2. The van der Waals surface area contributed by atoms with Gasteiger partial charge in [-0.25, -0.2) is 0 Å². The fraction of sp³-hybridized carbons (Fsp3) is 0.0870. The van der Waals surface area contributed by atoms with Gasteiger partial charge in [-0.2, -0.15) is 0 Å². The number of carbonyl (C=O) groups excluding carboxylic acids is 1. The number of hydrogen-bond acceptors (Lipinski definition) is 4. The first-order chi connectivity index (χ1) is 14.3. The van der Waals surface area contributed by atoms with Crippen LogP contribution >= 0.6 is 31.9 Å². The van der Waals surface area contributed by atoms with Crippen molar-refractivity contribution in [2.45, 2.75) is 13.5 Å². The number of ether oxygens (including phenoxy) is 1. The van der Waals surface area contributed by atoms with Crippen LogP contribution in [0.1, 0.15) is 27.0 Å². The number of hydrogen-bond donors (Lipinski definition) is 0. The Balaban J connectivity index is 1.69. The van der Waals surface area contributed by atoms with Crippen LogP contribution in [0.25, 0.3) is 6.08 Å². The zero-order valence-electron chi connectivity index (χ0n) is 16.0. The molecule has 5 nitrogen and oxygen atoms in total. The maximum atomic E-state index is 12.3. The van der Waals surface area contributed by atoms with Crippen molar-refractivity contribution in [2.24, 2.45) is 0 Å². The molecule has 0 aliphatic carbocycles. The maximum absolute atomic E-state index is 12.3. The molecule has 0 saturated heterocycles. The van der Waals surface area contributed by atoms with Gasteiger partial charge in [0.25, 0.3) is 5.69 Å². The smallest absolute Gasteiger partial charge is 0.269 e. The van der Waals surface area contributed by atoms with Crippen LogP contribution in [0.5, 0.6) is 5.75 Å². The molecule has 0 amide bonds. The Bertz CT molecular complexity index is 1080. The minimum atomic E-state index is -0.437. The second-order valence-electron chi connectivity index (χ2n) is 6.59. The van der Waals surface area contributed by atoms with Gasteiger partial charge in [-0.1, -0.05) is 35.9 Å². The van der Waals surface area contributed by atoms with E-state index in [2.05, 4.69) is 31.9 Å². The first kappa shape index (κ1) is 21.9. The molecule has 3 rings (SSSR count). The van der Waals surface area contributed by atoms with Gasteiger partial charge in [0.05, 0.1) is 13.9 Å². The summed E-state index contributed by atoms with van der Waals surface area (Å²) in [5.74, 6) is 0.538. The largest absolute Gasteiger partial charge is 0.487 e. The van der Waals surface area contributed by atoms with Crippen LogP contribution in [0.15, 0.2) is 75.7 Å². The van der Waals surface area contributed by atoms with Crippen molar-refractivity contribution in [3.05, 3.63) is 108 Å². The fourth-order valence-corrected chi connectivity index (χ4v) is 4.12. The molecule has 0 unspecified atom stereocenters. The zero-order chi connectivity index (χ0) is 21.7. The quantitative estimate of drug-likeness (QED) is 0.144. The van der Waals surface area contributed by atoms with E-state index in [4.69, 9.17) is 4.74 Å². The first-order valence-corrected chi connectivity index (χ1v) is 10.6. The van der Waals surface area contributed by atoms with Gasteiger partial charge in [0, 0.05) is 17.7 Å². The molecule has 7 heteroatoms. The number of nitro groups is 1. The van der Waals surface area contributed by atoms with E-state index in [9.17, 15) is 14.9 Å². The van der Waals surface area contributed by atoms with E-state index in [-0.39, 0.29) is 18.1 Å². The van der Waals surface area contributed by atoms with E-state index >= 15 is 0 Å². The van der Waals surface area contributed by atoms with Gasteiger partial charge in [-0.15, -0.1) is 0 Å². The molecule has 0 bridgehead atoms. The maximum Gasteiger partial charge on any atom is 0.269 e. The number of allylic oxidation sites excluding steroid dienone is 1. The molecule has 0 spiro atoms. The topological polar surface area (TPSA) is 69.4 Å². The van der Waals surface area contributed by atoms with Gasteiger partial charge in [-0.3, -0.25) is 14.9 Å². The molecule has 30 heavy (non-hydrogen) atoms. The summed E-state index contributed by atoms with van der Waals surface area (Å²) < 4.78 is 7.31. The van der Waals surface area contributed by atoms with Crippen LogP contribution in [0.4, 0.5) is 5.69 Å². The summed E-state index contributed by atoms with van der Waals surface area (Å²) in [6.07, 6.45) is 3.29. The van der Waals surface area contributed by atoms with E-state index < -0.39 is 4.92 Å². The van der Waals surface area contributed by atoms with Gasteiger partial charge < -0.3 is 4.74 Å². The Morgan fingerprint density at radius 1 is 1.03 bits per heavy atom. The molecule has 0 aromatic heterocycles. The van der Waals surface area contributed by atoms with Crippen molar-refractivity contribution in [2.75, 3.05) is 0 Å². The van der Waals surface area contributed by atoms with E-state index in [1.807, 2.05) is 43.3 Å². The van der Waals surface area contributed by atoms with Crippen LogP contribution in [0.2, 0.25) is 0 Å². The molecule has 0 radical (unpaired) electrons. The first-order valence-electron chi connectivity index (χ1n) is 8.98. The summed E-state index contributed by atoms with van der Waals surface area (Å²) in [6, 6.07) is 17.4. The van der Waals surface area contributed by atoms with Crippen LogP contribution in [-0.2, 0) is 6.61 Å². The summed E-state index contributed by atoms with van der Waals surface area (Å²) in [5.41, 5.74) is 3.42. The lowest BCUT2D eigenvalue weighted by Gasteiger charge is -2.11. The number of nitro benzene ring substituents is 1. The molecule has 152 valence electrons. The Morgan fingerprint density at radius 2 is 1.63 bits per heavy atom. The minimum Gasteiger partial charge on any atom is -0.487 e. The number of benzene rings is 3. The lowest BCUT2D eigenvalue weighted by molar-refractivity contribution is -0.384. The molecule has 0 saturated carbocycles. The van der Waals surface area contributed by atoms with Crippen molar-refractivity contribution < 1.29 is 14.5 Å². The van der Waals surface area contributed by atoms with Gasteiger partial charge in [0.2, 0.25) is 0 Å². The SMILES string of the molecule is Cc1ccc(C(=O)/C=C/c2cc(Br)c(OCc3ccc([N+](=O)[O-])cc3)c(Br)c2)cc1. The monoisotopic (exact) mass is 529 g/mol. The van der Waals surface area contributed by atoms with Gasteiger partial charge in [0.1, 0.15) is 12.4 Å². The van der Waals surface area contributed by atoms with Gasteiger partial charge in [-0.05, 0) is 80.3 Å². The number of carbonyl (C=O) groups is 1. The molecule has 0 atom stereocenters. The molecule has 0 aliphatic rings. The molecule has 3 aromatic rings. The van der Waals surface area contributed by atoms with Gasteiger partial charge >= 0.3 is 0 Å². The van der Waals surface area contributed by atoms with Crippen LogP contribution in [0.3, 0.4) is 0 Å². The lowest BCUT2D eigenvalue weighted by atomic mass is 10.1. The van der Waals surface area contributed by atoms with Crippen molar-refractivity contribution in [1.29, 1.82) is 0 Å². The second-order valence-corrected chi connectivity index (χ2v) is 8.30. The van der Waals surface area contributed by atoms with E-state index in [1.54, 1.807) is 18.2 Å². The molecule has 0 heterocycles. The molecular formula is C23H17Br2NO4. The highest BCUT2D eigenvalue weighted by Gasteiger charge is 2.10. The summed E-state index contributed by atoms with van der Waals surface area (Å²) in [4.78, 5) is 22.6. The zero-order valence-corrected chi connectivity index (χ0v) is 19.1. The summed E-state index contributed by atoms with van der Waals surface area (Å²) >= 11 is 7.00. The third-order valence-corrected chi connectivity index (χ3v) is 5.49. The predicted molar refractivity (Wildman–Crippen MR) is 124 cm³/mol. The van der Waals surface area contributed by atoms with Crippen LogP contribution < -0.4 is 4.74 Å². The molecule has 0 aliphatic heterocycles. The van der Waals surface area contributed by atoms with Crippen LogP contribution in [0, 0.1) is 17.0 Å². The Labute approximate surface area is 190 Å². The number of ketones is 1. The molecule has 0 fully saturated rings. The van der Waals surface area contributed by atoms with E-state index in [1.165, 1.54) is 18.2 Å². The highest BCUT2D eigenvalue weighted by molar-refractivity contribution is 9.11. The fourth-order valence-electron chi connectivity index (χ4n) is 2.67. The molecule has 0 N–H and O–H groups in total. The van der Waals surface area contributed by atoms with E-state index in [0.717, 1.165) is 25.6 Å². The standard InChI is InChI=1S/C23H17Br2NO4/c1-15-2-7-18(8-3-15)22(27)11-6-17-12-20(24)23(21(25)13-17)30-14-16-4-9-19(10-5-16)26(28)29/h2-13H,14H2,1H3/b11-6+. The molecular weight excluding hydrogens is 514 g/mol. The van der Waals surface area contributed by atoms with E-state index in [0.29, 0.717) is 11.3 Å². The average molecular weight is 531 g/mol. The molecule has 3 aromatic carbocycles.